The Balaban J connectivity index is 1.46. The van der Waals surface area contributed by atoms with E-state index in [0.29, 0.717) is 53.9 Å². The standard InChI is InChI=1S/C41H57ClN4O5/c1-4-6-7-8-9-10-11-12-13-14-28-43-38(47)19-16-29-51-37-24-20-34(21-25-37)44-40(45-39(48)31-32-17-15-18-33(42)30-32)41(49)46(5-2)35-22-26-36(50-3)27-23-35/h15,17-18,20-27,30,40,44H,4-14,16,19,28-29,31H2,1-3H3,(H,43,47)(H,45,48). The minimum Gasteiger partial charge on any atom is -0.497 e. The maximum atomic E-state index is 13.9. The van der Waals surface area contributed by atoms with Gasteiger partial charge in [0.25, 0.3) is 5.91 Å². The lowest BCUT2D eigenvalue weighted by Crippen LogP contribution is -2.53. The summed E-state index contributed by atoms with van der Waals surface area (Å²) in [4.78, 5) is 40.9. The molecule has 1 unspecified atom stereocenters. The number of benzene rings is 3. The molecule has 3 rings (SSSR count). The fourth-order valence-corrected chi connectivity index (χ4v) is 5.97. The highest BCUT2D eigenvalue weighted by Gasteiger charge is 2.26. The summed E-state index contributed by atoms with van der Waals surface area (Å²) in [7, 11) is 1.59. The number of methoxy groups -OCH3 is 1. The van der Waals surface area contributed by atoms with Gasteiger partial charge in [-0.25, -0.2) is 0 Å². The van der Waals surface area contributed by atoms with Crippen LogP contribution >= 0.6 is 11.6 Å². The first-order valence-corrected chi connectivity index (χ1v) is 19.0. The Labute approximate surface area is 309 Å². The molecule has 9 nitrogen and oxygen atoms in total. The number of likely N-dealkylation sites (N-methyl/N-ethyl adjacent to an activating group) is 1. The predicted molar refractivity (Wildman–Crippen MR) is 208 cm³/mol. The lowest BCUT2D eigenvalue weighted by atomic mass is 10.1. The second kappa shape index (κ2) is 24.0. The number of rotatable bonds is 25. The zero-order chi connectivity index (χ0) is 36.7. The van der Waals surface area contributed by atoms with Crippen molar-refractivity contribution >= 4 is 40.7 Å². The van der Waals surface area contributed by atoms with Gasteiger partial charge >= 0.3 is 0 Å². The van der Waals surface area contributed by atoms with Crippen molar-refractivity contribution in [2.75, 3.05) is 37.0 Å². The summed E-state index contributed by atoms with van der Waals surface area (Å²) >= 11 is 6.12. The van der Waals surface area contributed by atoms with E-state index in [2.05, 4.69) is 22.9 Å². The number of nitrogens with one attached hydrogen (secondary N) is 3. The Bertz CT molecular complexity index is 1450. The largest absolute Gasteiger partial charge is 0.497 e. The van der Waals surface area contributed by atoms with Gasteiger partial charge in [0.2, 0.25) is 11.8 Å². The Kier molecular flexibility index (Phi) is 19.4. The molecule has 0 bridgehead atoms. The molecule has 3 aromatic rings. The molecular formula is C41H57ClN4O5. The molecule has 0 fully saturated rings. The van der Waals surface area contributed by atoms with Gasteiger partial charge in [-0.2, -0.15) is 0 Å². The van der Waals surface area contributed by atoms with Gasteiger partial charge in [0, 0.05) is 35.9 Å². The van der Waals surface area contributed by atoms with Gasteiger partial charge in [-0.05, 0) is 86.0 Å². The van der Waals surface area contributed by atoms with Crippen LogP contribution in [0.5, 0.6) is 11.5 Å². The fraction of sp³-hybridized carbons (Fsp3) is 0.488. The van der Waals surface area contributed by atoms with Crippen LogP contribution in [0, 0.1) is 0 Å². The van der Waals surface area contributed by atoms with Crippen LogP contribution in [0.25, 0.3) is 0 Å². The normalized spacial score (nSPS) is 11.4. The number of hydrogen-bond acceptors (Lipinski definition) is 6. The van der Waals surface area contributed by atoms with Gasteiger partial charge in [-0.1, -0.05) is 88.4 Å². The van der Waals surface area contributed by atoms with Crippen molar-refractivity contribution in [3.63, 3.8) is 0 Å². The van der Waals surface area contributed by atoms with E-state index in [1.807, 2.05) is 13.0 Å². The smallest absolute Gasteiger partial charge is 0.270 e. The van der Waals surface area contributed by atoms with Crippen LogP contribution < -0.4 is 30.3 Å². The topological polar surface area (TPSA) is 109 Å². The van der Waals surface area contributed by atoms with Crippen LogP contribution in [0.2, 0.25) is 5.02 Å². The van der Waals surface area contributed by atoms with Crippen molar-refractivity contribution in [2.45, 2.75) is 103 Å². The van der Waals surface area contributed by atoms with E-state index in [-0.39, 0.29) is 24.1 Å². The highest BCUT2D eigenvalue weighted by Crippen LogP contribution is 2.22. The maximum Gasteiger partial charge on any atom is 0.270 e. The van der Waals surface area contributed by atoms with Crippen molar-refractivity contribution in [1.82, 2.24) is 10.6 Å². The van der Waals surface area contributed by atoms with Crippen LogP contribution in [0.4, 0.5) is 11.4 Å². The number of anilines is 2. The number of carbonyl (C=O) groups excluding carboxylic acids is 3. The SMILES string of the molecule is CCCCCCCCCCCCNC(=O)CCCOc1ccc(NC(NC(=O)Cc2cccc(Cl)c2)C(=O)N(CC)c2ccc(OC)cc2)cc1. The molecule has 0 aliphatic heterocycles. The van der Waals surface area contributed by atoms with Crippen LogP contribution in [0.3, 0.4) is 0 Å². The minimum atomic E-state index is -1.05. The number of unbranched alkanes of at least 4 members (excludes halogenated alkanes) is 9. The molecule has 0 radical (unpaired) electrons. The number of carbonyl (C=O) groups is 3. The summed E-state index contributed by atoms with van der Waals surface area (Å²) in [6.45, 7) is 5.65. The van der Waals surface area contributed by atoms with Gasteiger partial charge in [0.05, 0.1) is 20.1 Å². The summed E-state index contributed by atoms with van der Waals surface area (Å²) in [6, 6.07) is 21.4. The summed E-state index contributed by atoms with van der Waals surface area (Å²) in [5, 5.41) is 9.61. The second-order valence-electron chi connectivity index (χ2n) is 12.7. The third-order valence-corrected chi connectivity index (χ3v) is 8.84. The van der Waals surface area contributed by atoms with Crippen molar-refractivity contribution in [3.8, 4) is 11.5 Å². The van der Waals surface area contributed by atoms with E-state index < -0.39 is 6.17 Å². The van der Waals surface area contributed by atoms with Crippen LogP contribution in [0.1, 0.15) is 96.5 Å². The minimum absolute atomic E-state index is 0.0537. The Morgan fingerprint density at radius 3 is 2.04 bits per heavy atom. The van der Waals surface area contributed by atoms with Crippen molar-refractivity contribution in [1.29, 1.82) is 0 Å². The molecule has 278 valence electrons. The molecule has 3 aromatic carbocycles. The van der Waals surface area contributed by atoms with E-state index >= 15 is 0 Å². The van der Waals surface area contributed by atoms with Gasteiger partial charge in [-0.15, -0.1) is 0 Å². The predicted octanol–water partition coefficient (Wildman–Crippen LogP) is 8.69. The van der Waals surface area contributed by atoms with Gasteiger partial charge in [-0.3, -0.25) is 14.4 Å². The molecule has 10 heteroatoms. The summed E-state index contributed by atoms with van der Waals surface area (Å²) in [5.41, 5.74) is 2.04. The van der Waals surface area contributed by atoms with E-state index in [1.54, 1.807) is 78.7 Å². The molecule has 0 saturated heterocycles. The molecule has 0 aromatic heterocycles. The molecule has 51 heavy (non-hydrogen) atoms. The van der Waals surface area contributed by atoms with Crippen molar-refractivity contribution < 1.29 is 23.9 Å². The monoisotopic (exact) mass is 720 g/mol. The molecule has 0 heterocycles. The van der Waals surface area contributed by atoms with Gasteiger partial charge in [0.1, 0.15) is 11.5 Å². The maximum absolute atomic E-state index is 13.9. The molecule has 0 aliphatic carbocycles. The number of nitrogens with zero attached hydrogens (tertiary/aromatic N) is 1. The van der Waals surface area contributed by atoms with Crippen LogP contribution in [-0.4, -0.2) is 50.7 Å². The van der Waals surface area contributed by atoms with Crippen molar-refractivity contribution in [2.24, 2.45) is 0 Å². The Hall–Kier alpha value is -4.24. The number of amides is 3. The fourth-order valence-electron chi connectivity index (χ4n) is 5.75. The highest BCUT2D eigenvalue weighted by atomic mass is 35.5. The average Bonchev–Trinajstić information content (AvgIpc) is 3.13. The molecule has 0 saturated carbocycles. The molecule has 0 spiro atoms. The molecule has 3 amide bonds. The first-order valence-electron chi connectivity index (χ1n) is 18.6. The van der Waals surface area contributed by atoms with E-state index in [4.69, 9.17) is 21.1 Å². The second-order valence-corrected chi connectivity index (χ2v) is 13.2. The lowest BCUT2D eigenvalue weighted by Gasteiger charge is -2.28. The average molecular weight is 721 g/mol. The van der Waals surface area contributed by atoms with E-state index in [9.17, 15) is 14.4 Å². The first-order chi connectivity index (χ1) is 24.8. The Morgan fingerprint density at radius 2 is 1.41 bits per heavy atom. The number of halogens is 1. The first kappa shape index (κ1) is 41.2. The van der Waals surface area contributed by atoms with E-state index in [1.165, 1.54) is 51.4 Å². The van der Waals surface area contributed by atoms with Gasteiger partial charge < -0.3 is 30.3 Å². The molecule has 0 aliphatic rings. The quantitative estimate of drug-likeness (QED) is 0.0597. The number of ether oxygens (including phenoxy) is 2. The molecule has 3 N–H and O–H groups in total. The summed E-state index contributed by atoms with van der Waals surface area (Å²) < 4.78 is 11.1. The summed E-state index contributed by atoms with van der Waals surface area (Å²) in [6.07, 6.45) is 12.8. The van der Waals surface area contributed by atoms with Crippen molar-refractivity contribution in [3.05, 3.63) is 83.4 Å². The van der Waals surface area contributed by atoms with Gasteiger partial charge in [0.15, 0.2) is 6.17 Å². The third kappa shape index (κ3) is 16.1. The van der Waals surface area contributed by atoms with Crippen LogP contribution in [-0.2, 0) is 20.8 Å². The Morgan fingerprint density at radius 1 is 0.765 bits per heavy atom. The zero-order valence-corrected chi connectivity index (χ0v) is 31.4. The lowest BCUT2D eigenvalue weighted by molar-refractivity contribution is -0.126. The number of hydrogen-bond donors (Lipinski definition) is 3. The molecular weight excluding hydrogens is 664 g/mol. The van der Waals surface area contributed by atoms with E-state index in [0.717, 1.165) is 24.9 Å². The zero-order valence-electron chi connectivity index (χ0n) is 30.7. The van der Waals surface area contributed by atoms with Crippen LogP contribution in [0.15, 0.2) is 72.8 Å². The summed E-state index contributed by atoms with van der Waals surface area (Å²) in [5.74, 6) is 0.720. The molecule has 1 atom stereocenters. The third-order valence-electron chi connectivity index (χ3n) is 8.61. The highest BCUT2D eigenvalue weighted by molar-refractivity contribution is 6.30.